The summed E-state index contributed by atoms with van der Waals surface area (Å²) in [6.45, 7) is 4.63. The molecule has 0 radical (unpaired) electrons. The van der Waals surface area contributed by atoms with Gasteiger partial charge in [0.1, 0.15) is 0 Å². The van der Waals surface area contributed by atoms with E-state index in [4.69, 9.17) is 0 Å². The topological polar surface area (TPSA) is 41.1 Å². The van der Waals surface area contributed by atoms with E-state index in [9.17, 15) is 4.79 Å². The molecule has 0 aliphatic heterocycles. The zero-order valence-electron chi connectivity index (χ0n) is 9.87. The van der Waals surface area contributed by atoms with Crippen LogP contribution in [0.4, 0.5) is 0 Å². The van der Waals surface area contributed by atoms with Crippen LogP contribution in [0.3, 0.4) is 0 Å². The third-order valence-corrected chi connectivity index (χ3v) is 3.96. The molecule has 0 spiro atoms. The van der Waals surface area contributed by atoms with Crippen molar-refractivity contribution in [2.24, 2.45) is 0 Å². The number of carbonyl (C=O) groups is 1. The van der Waals surface area contributed by atoms with Gasteiger partial charge >= 0.3 is 0 Å². The van der Waals surface area contributed by atoms with Crippen molar-refractivity contribution >= 4 is 17.2 Å². The lowest BCUT2D eigenvalue weighted by Gasteiger charge is -2.23. The monoisotopic (exact) mass is 250 g/mol. The van der Waals surface area contributed by atoms with E-state index in [1.54, 1.807) is 17.4 Å². The fraction of sp³-hybridized carbons (Fsp3) is 0.462. The molecule has 1 heterocycles. The van der Waals surface area contributed by atoms with Crippen LogP contribution in [-0.4, -0.2) is 19.0 Å². The minimum atomic E-state index is 0.0656. The van der Waals surface area contributed by atoms with Crippen molar-refractivity contribution in [2.45, 2.75) is 25.3 Å². The summed E-state index contributed by atoms with van der Waals surface area (Å²) in [6, 6.07) is 2.35. The van der Waals surface area contributed by atoms with Gasteiger partial charge in [-0.25, -0.2) is 0 Å². The second kappa shape index (κ2) is 5.98. The molecule has 3 nitrogen and oxygen atoms in total. The maximum absolute atomic E-state index is 11.7. The predicted molar refractivity (Wildman–Crippen MR) is 71.2 cm³/mol. The number of amides is 1. The van der Waals surface area contributed by atoms with E-state index in [0.717, 1.165) is 12.8 Å². The van der Waals surface area contributed by atoms with Crippen molar-refractivity contribution in [3.8, 4) is 0 Å². The minimum absolute atomic E-state index is 0.0656. The first-order chi connectivity index (χ1) is 8.31. The summed E-state index contributed by atoms with van der Waals surface area (Å²) < 4.78 is 0. The molecule has 2 rings (SSSR count). The van der Waals surface area contributed by atoms with Gasteiger partial charge in [0.05, 0.1) is 12.6 Å². The molecule has 2 N–H and O–H groups in total. The van der Waals surface area contributed by atoms with Gasteiger partial charge in [0.15, 0.2) is 0 Å². The molecular weight excluding hydrogens is 232 g/mol. The third kappa shape index (κ3) is 3.17. The highest BCUT2D eigenvalue weighted by atomic mass is 32.1. The molecule has 1 aliphatic carbocycles. The molecule has 1 amide bonds. The SMILES string of the molecule is C=CCNCC(=O)NC1CCCc2sccc21. The lowest BCUT2D eigenvalue weighted by Crippen LogP contribution is -2.37. The average molecular weight is 250 g/mol. The Morgan fingerprint density at radius 2 is 2.53 bits per heavy atom. The van der Waals surface area contributed by atoms with Gasteiger partial charge in [-0.05, 0) is 36.3 Å². The maximum Gasteiger partial charge on any atom is 0.234 e. The number of thiophene rings is 1. The van der Waals surface area contributed by atoms with E-state index in [-0.39, 0.29) is 11.9 Å². The Morgan fingerprint density at radius 1 is 1.65 bits per heavy atom. The molecule has 0 fully saturated rings. The van der Waals surface area contributed by atoms with Crippen LogP contribution >= 0.6 is 11.3 Å². The minimum Gasteiger partial charge on any atom is -0.348 e. The summed E-state index contributed by atoms with van der Waals surface area (Å²) in [5.41, 5.74) is 1.32. The number of hydrogen-bond donors (Lipinski definition) is 2. The molecule has 17 heavy (non-hydrogen) atoms. The largest absolute Gasteiger partial charge is 0.348 e. The summed E-state index contributed by atoms with van der Waals surface area (Å²) in [5, 5.41) is 8.22. The van der Waals surface area contributed by atoms with Gasteiger partial charge in [-0.15, -0.1) is 17.9 Å². The van der Waals surface area contributed by atoms with Crippen LogP contribution in [0.25, 0.3) is 0 Å². The molecule has 0 saturated carbocycles. The van der Waals surface area contributed by atoms with Crippen molar-refractivity contribution in [1.82, 2.24) is 10.6 Å². The van der Waals surface area contributed by atoms with Gasteiger partial charge in [-0.2, -0.15) is 0 Å². The lowest BCUT2D eigenvalue weighted by molar-refractivity contribution is -0.121. The summed E-state index contributed by atoms with van der Waals surface area (Å²) in [4.78, 5) is 13.1. The normalized spacial score (nSPS) is 18.5. The first kappa shape index (κ1) is 12.3. The molecule has 0 bridgehead atoms. The average Bonchev–Trinajstić information content (AvgIpc) is 2.78. The van der Waals surface area contributed by atoms with Crippen molar-refractivity contribution in [3.63, 3.8) is 0 Å². The van der Waals surface area contributed by atoms with E-state index < -0.39 is 0 Å². The highest BCUT2D eigenvalue weighted by molar-refractivity contribution is 7.10. The zero-order chi connectivity index (χ0) is 12.1. The van der Waals surface area contributed by atoms with Crippen LogP contribution in [0, 0.1) is 0 Å². The summed E-state index contributed by atoms with van der Waals surface area (Å²) >= 11 is 1.80. The van der Waals surface area contributed by atoms with E-state index in [0.29, 0.717) is 13.1 Å². The van der Waals surface area contributed by atoms with Crippen LogP contribution in [0.15, 0.2) is 24.1 Å². The summed E-state index contributed by atoms with van der Waals surface area (Å²) in [5.74, 6) is 0.0656. The van der Waals surface area contributed by atoms with Crippen molar-refractivity contribution < 1.29 is 4.79 Å². The molecule has 1 unspecified atom stereocenters. The van der Waals surface area contributed by atoms with E-state index in [1.165, 1.54) is 16.9 Å². The van der Waals surface area contributed by atoms with Crippen LogP contribution in [0.2, 0.25) is 0 Å². The van der Waals surface area contributed by atoms with Crippen molar-refractivity contribution in [2.75, 3.05) is 13.1 Å². The fourth-order valence-corrected chi connectivity index (χ4v) is 3.16. The third-order valence-electron chi connectivity index (χ3n) is 2.96. The number of aryl methyl sites for hydroxylation is 1. The molecular formula is C13H18N2OS. The van der Waals surface area contributed by atoms with Crippen molar-refractivity contribution in [3.05, 3.63) is 34.5 Å². The summed E-state index contributed by atoms with van der Waals surface area (Å²) in [6.07, 6.45) is 5.13. The smallest absolute Gasteiger partial charge is 0.234 e. The number of hydrogen-bond acceptors (Lipinski definition) is 3. The molecule has 0 saturated heterocycles. The van der Waals surface area contributed by atoms with Crippen molar-refractivity contribution in [1.29, 1.82) is 0 Å². The highest BCUT2D eigenvalue weighted by Gasteiger charge is 2.22. The first-order valence-electron chi connectivity index (χ1n) is 5.98. The van der Waals surface area contributed by atoms with Crippen LogP contribution in [0.1, 0.15) is 29.3 Å². The number of fused-ring (bicyclic) bond motifs is 1. The Bertz CT molecular complexity index is 400. The standard InChI is InChI=1S/C13H18N2OS/c1-2-7-14-9-13(16)15-11-4-3-5-12-10(11)6-8-17-12/h2,6,8,11,14H,1,3-5,7,9H2,(H,15,16). The molecule has 4 heteroatoms. The Labute approximate surface area is 106 Å². The van der Waals surface area contributed by atoms with Gasteiger partial charge in [0.2, 0.25) is 5.91 Å². The van der Waals surface area contributed by atoms with Crippen LogP contribution in [-0.2, 0) is 11.2 Å². The molecule has 1 aromatic heterocycles. The Balaban J connectivity index is 1.88. The fourth-order valence-electron chi connectivity index (χ4n) is 2.17. The lowest BCUT2D eigenvalue weighted by atomic mass is 9.94. The van der Waals surface area contributed by atoms with Crippen LogP contribution < -0.4 is 10.6 Å². The number of carbonyl (C=O) groups excluding carboxylic acids is 1. The zero-order valence-corrected chi connectivity index (χ0v) is 10.7. The Hall–Kier alpha value is -1.13. The number of nitrogens with one attached hydrogen (secondary N) is 2. The predicted octanol–water partition coefficient (Wildman–Crippen LogP) is 2.02. The van der Waals surface area contributed by atoms with Gasteiger partial charge in [0, 0.05) is 11.4 Å². The number of rotatable bonds is 5. The maximum atomic E-state index is 11.7. The quantitative estimate of drug-likeness (QED) is 0.620. The second-order valence-electron chi connectivity index (χ2n) is 4.23. The molecule has 1 atom stereocenters. The molecule has 0 aromatic carbocycles. The Kier molecular flexibility index (Phi) is 4.34. The van der Waals surface area contributed by atoms with Crippen LogP contribution in [0.5, 0.6) is 0 Å². The molecule has 1 aliphatic rings. The second-order valence-corrected chi connectivity index (χ2v) is 5.23. The Morgan fingerprint density at radius 3 is 3.35 bits per heavy atom. The van der Waals surface area contributed by atoms with Gasteiger partial charge in [0.25, 0.3) is 0 Å². The van der Waals surface area contributed by atoms with Gasteiger partial charge < -0.3 is 10.6 Å². The first-order valence-corrected chi connectivity index (χ1v) is 6.86. The molecule has 1 aromatic rings. The highest BCUT2D eigenvalue weighted by Crippen LogP contribution is 2.32. The van der Waals surface area contributed by atoms with Gasteiger partial charge in [-0.3, -0.25) is 4.79 Å². The summed E-state index contributed by atoms with van der Waals surface area (Å²) in [7, 11) is 0. The molecule has 92 valence electrons. The van der Waals surface area contributed by atoms with E-state index >= 15 is 0 Å². The van der Waals surface area contributed by atoms with Gasteiger partial charge in [-0.1, -0.05) is 6.08 Å². The van der Waals surface area contributed by atoms with E-state index in [1.807, 2.05) is 0 Å². The van der Waals surface area contributed by atoms with E-state index in [2.05, 4.69) is 28.7 Å².